The molecule has 0 amide bonds. The third-order valence-corrected chi connectivity index (χ3v) is 8.02. The first-order valence-electron chi connectivity index (χ1n) is 7.89. The van der Waals surface area contributed by atoms with Gasteiger partial charge in [0, 0.05) is 0 Å². The summed E-state index contributed by atoms with van der Waals surface area (Å²) in [5.41, 5.74) is 3.42. The standard InChI is InChI=1S/2C9H13.Zr.2H/c2*1-2-3-6-9-7-4-5-8-9;;;/h2*4,7H,2-3,5-6H2,1H3;;;/q;;+2;2*-1. The summed E-state index contributed by atoms with van der Waals surface area (Å²) in [5.74, 6) is 0. The topological polar surface area (TPSA) is 0 Å². The van der Waals surface area contributed by atoms with E-state index in [1.807, 2.05) is 6.56 Å². The molecular formula is C18H28Zr. The molecular weight excluding hydrogens is 307 g/mol. The van der Waals surface area contributed by atoms with Crippen molar-refractivity contribution in [2.24, 2.45) is 0 Å². The molecule has 0 fully saturated rings. The van der Waals surface area contributed by atoms with Gasteiger partial charge in [0.15, 0.2) is 0 Å². The third-order valence-electron chi connectivity index (χ3n) is 3.96. The van der Waals surface area contributed by atoms with Gasteiger partial charge in [-0.1, -0.05) is 0 Å². The fraction of sp³-hybridized carbons (Fsp3) is 0.556. The fourth-order valence-corrected chi connectivity index (χ4v) is 6.54. The van der Waals surface area contributed by atoms with E-state index in [9.17, 15) is 0 Å². The Morgan fingerprint density at radius 1 is 0.895 bits per heavy atom. The van der Waals surface area contributed by atoms with Crippen molar-refractivity contribution in [3.63, 3.8) is 0 Å². The molecule has 0 unspecified atom stereocenters. The van der Waals surface area contributed by atoms with Gasteiger partial charge in [0.2, 0.25) is 0 Å². The van der Waals surface area contributed by atoms with E-state index in [1.54, 1.807) is 11.1 Å². The zero-order valence-corrected chi connectivity index (χ0v) is 14.9. The van der Waals surface area contributed by atoms with E-state index in [0.29, 0.717) is 0 Å². The maximum absolute atomic E-state index is 2.42. The van der Waals surface area contributed by atoms with Gasteiger partial charge in [-0.05, 0) is 0 Å². The van der Waals surface area contributed by atoms with Gasteiger partial charge in [0.05, 0.1) is 0 Å². The summed E-state index contributed by atoms with van der Waals surface area (Å²) >= 11 is -0.463. The summed E-state index contributed by atoms with van der Waals surface area (Å²) in [5, 5.41) is 0. The van der Waals surface area contributed by atoms with Gasteiger partial charge in [0.25, 0.3) is 0 Å². The molecule has 0 aliphatic heterocycles. The molecule has 2 rings (SSSR count). The minimum absolute atomic E-state index is 0. The van der Waals surface area contributed by atoms with Crippen molar-refractivity contribution in [1.82, 2.24) is 0 Å². The van der Waals surface area contributed by atoms with E-state index in [0.717, 1.165) is 0 Å². The van der Waals surface area contributed by atoms with Crippen molar-refractivity contribution in [1.29, 1.82) is 0 Å². The molecule has 0 atom stereocenters. The van der Waals surface area contributed by atoms with Crippen LogP contribution in [-0.4, -0.2) is 0 Å². The van der Waals surface area contributed by atoms with Crippen molar-refractivity contribution in [2.75, 3.05) is 0 Å². The molecule has 104 valence electrons. The predicted molar refractivity (Wildman–Crippen MR) is 82.8 cm³/mol. The molecule has 2 aliphatic rings. The van der Waals surface area contributed by atoms with Gasteiger partial charge in [-0.2, -0.15) is 0 Å². The second kappa shape index (κ2) is 8.20. The number of hydrogen-bond acceptors (Lipinski definition) is 0. The number of allylic oxidation sites excluding steroid dienone is 8. The molecule has 0 spiro atoms. The van der Waals surface area contributed by atoms with Crippen molar-refractivity contribution in [3.8, 4) is 0 Å². The summed E-state index contributed by atoms with van der Waals surface area (Å²) in [4.78, 5) is 0. The smallest absolute Gasteiger partial charge is 1.00 e. The van der Waals surface area contributed by atoms with Crippen LogP contribution in [0.4, 0.5) is 0 Å². The van der Waals surface area contributed by atoms with Gasteiger partial charge >= 0.3 is 130 Å². The zero-order chi connectivity index (χ0) is 13.5. The van der Waals surface area contributed by atoms with Crippen molar-refractivity contribution in [2.45, 2.75) is 65.2 Å². The molecule has 19 heavy (non-hydrogen) atoms. The Morgan fingerprint density at radius 3 is 1.79 bits per heavy atom. The Labute approximate surface area is 133 Å². The summed E-state index contributed by atoms with van der Waals surface area (Å²) in [7, 11) is 0. The average molecular weight is 336 g/mol. The minimum atomic E-state index is -0.463. The molecule has 2 aliphatic carbocycles. The molecule has 1 heteroatoms. The minimum Gasteiger partial charge on any atom is -1.00 e. The molecule has 0 aromatic carbocycles. The summed E-state index contributed by atoms with van der Waals surface area (Å²) in [6.07, 6.45) is 20.2. The molecule has 0 aromatic heterocycles. The summed E-state index contributed by atoms with van der Waals surface area (Å²) in [6, 6.07) is 0. The summed E-state index contributed by atoms with van der Waals surface area (Å²) in [6.45, 7) is 4.59. The van der Waals surface area contributed by atoms with Gasteiger partial charge in [-0.25, -0.2) is 0 Å². The van der Waals surface area contributed by atoms with Crippen LogP contribution in [0, 0.1) is 0 Å². The Balaban J connectivity index is 0.00000200. The molecule has 0 heterocycles. The molecule has 0 radical (unpaired) electrons. The normalized spacial score (nSPS) is 17.8. The van der Waals surface area contributed by atoms with Gasteiger partial charge in [-0.15, -0.1) is 0 Å². The first kappa shape index (κ1) is 15.2. The molecule has 0 saturated heterocycles. The van der Waals surface area contributed by atoms with E-state index < -0.39 is 23.2 Å². The molecule has 0 nitrogen and oxygen atoms in total. The van der Waals surface area contributed by atoms with Gasteiger partial charge < -0.3 is 2.85 Å². The maximum atomic E-state index is 2.42. The average Bonchev–Trinajstić information content (AvgIpc) is 3.04. The van der Waals surface area contributed by atoms with E-state index in [4.69, 9.17) is 0 Å². The molecule has 0 saturated carbocycles. The van der Waals surface area contributed by atoms with Crippen LogP contribution in [0.15, 0.2) is 42.0 Å². The Bertz CT molecular complexity index is 390. The van der Waals surface area contributed by atoms with E-state index in [-0.39, 0.29) is 2.85 Å². The van der Waals surface area contributed by atoms with Gasteiger partial charge in [0.1, 0.15) is 0 Å². The largest absolute Gasteiger partial charge is 1.00 e. The monoisotopic (exact) mass is 334 g/mol. The summed E-state index contributed by atoms with van der Waals surface area (Å²) < 4.78 is 3.73. The van der Waals surface area contributed by atoms with Crippen LogP contribution in [0.3, 0.4) is 0 Å². The quantitative estimate of drug-likeness (QED) is 0.502. The number of hydrogen-bond donors (Lipinski definition) is 0. The third kappa shape index (κ3) is 4.42. The predicted octanol–water partition coefficient (Wildman–Crippen LogP) is 6.10. The van der Waals surface area contributed by atoms with Crippen molar-refractivity contribution < 1.29 is 26.1 Å². The van der Waals surface area contributed by atoms with Crippen molar-refractivity contribution in [3.05, 3.63) is 42.0 Å². The van der Waals surface area contributed by atoms with Gasteiger partial charge in [-0.3, -0.25) is 0 Å². The second-order valence-corrected chi connectivity index (χ2v) is 9.13. The number of unbranched alkanes of at least 4 members (excludes halogenated alkanes) is 2. The maximum Gasteiger partial charge on any atom is -1.00 e. The second-order valence-electron chi connectivity index (χ2n) is 5.55. The Kier molecular flexibility index (Phi) is 6.58. The van der Waals surface area contributed by atoms with E-state index in [2.05, 4.69) is 38.2 Å². The molecule has 0 aromatic rings. The first-order chi connectivity index (χ1) is 9.35. The van der Waals surface area contributed by atoms with Crippen molar-refractivity contribution >= 4 is 0 Å². The van der Waals surface area contributed by atoms with Crippen LogP contribution in [0.25, 0.3) is 0 Å². The van der Waals surface area contributed by atoms with E-state index >= 15 is 0 Å². The van der Waals surface area contributed by atoms with E-state index in [1.165, 1.54) is 51.4 Å². The fourth-order valence-electron chi connectivity index (χ4n) is 2.75. The van der Waals surface area contributed by atoms with Crippen LogP contribution < -0.4 is 0 Å². The number of rotatable bonds is 8. The SMILES string of the molecule is CCCCC1=[C]([Zr+2][C]2=C(CCCC)C=CC2)CC=C1.[H-].[H-]. The van der Waals surface area contributed by atoms with Crippen LogP contribution in [0.2, 0.25) is 0 Å². The Hall–Kier alpha value is -0.157. The van der Waals surface area contributed by atoms with Crippen LogP contribution >= 0.6 is 0 Å². The van der Waals surface area contributed by atoms with Crippen LogP contribution in [0.1, 0.15) is 68.1 Å². The molecule has 0 bridgehead atoms. The van der Waals surface area contributed by atoms with Crippen LogP contribution in [-0.2, 0) is 23.2 Å². The zero-order valence-electron chi connectivity index (χ0n) is 14.5. The Morgan fingerprint density at radius 2 is 1.37 bits per heavy atom. The van der Waals surface area contributed by atoms with Crippen LogP contribution in [0.5, 0.6) is 0 Å². The first-order valence-corrected chi connectivity index (χ1v) is 10.3. The molecule has 0 N–H and O–H groups in total.